The van der Waals surface area contributed by atoms with Crippen LogP contribution in [0.2, 0.25) is 0 Å². The molecule has 1 fully saturated rings. The average molecular weight is 477 g/mol. The lowest BCUT2D eigenvalue weighted by Crippen LogP contribution is -2.44. The van der Waals surface area contributed by atoms with E-state index in [4.69, 9.17) is 18.9 Å². The Morgan fingerprint density at radius 1 is 0.771 bits per heavy atom. The molecule has 5 rings (SSSR count). The van der Waals surface area contributed by atoms with E-state index in [9.17, 15) is 9.59 Å². The number of hydrogen-bond acceptors (Lipinski definition) is 6. The van der Waals surface area contributed by atoms with Gasteiger partial charge in [-0.3, -0.25) is 9.59 Å². The van der Waals surface area contributed by atoms with Gasteiger partial charge in [0, 0.05) is 24.7 Å². The second-order valence-corrected chi connectivity index (χ2v) is 8.67. The van der Waals surface area contributed by atoms with Crippen molar-refractivity contribution in [1.82, 2.24) is 10.6 Å². The molecular formula is C27H28N2O6. The van der Waals surface area contributed by atoms with Crippen molar-refractivity contribution in [2.75, 3.05) is 33.0 Å². The second kappa shape index (κ2) is 10.5. The quantitative estimate of drug-likeness (QED) is 0.569. The number of carbonyl (C=O) groups is 2. The highest BCUT2D eigenvalue weighted by Crippen LogP contribution is 2.33. The molecular weight excluding hydrogens is 448 g/mol. The van der Waals surface area contributed by atoms with Gasteiger partial charge in [-0.1, -0.05) is 12.1 Å². The zero-order chi connectivity index (χ0) is 24.0. The molecule has 8 nitrogen and oxygen atoms in total. The fourth-order valence-corrected chi connectivity index (χ4v) is 4.01. The molecule has 0 bridgehead atoms. The van der Waals surface area contributed by atoms with E-state index < -0.39 is 0 Å². The molecule has 0 radical (unpaired) electrons. The van der Waals surface area contributed by atoms with Gasteiger partial charge in [0.1, 0.15) is 26.4 Å². The number of amides is 2. The van der Waals surface area contributed by atoms with Gasteiger partial charge < -0.3 is 29.6 Å². The third-order valence-corrected chi connectivity index (χ3v) is 6.00. The van der Waals surface area contributed by atoms with Crippen LogP contribution in [0.3, 0.4) is 0 Å². The summed E-state index contributed by atoms with van der Waals surface area (Å²) in [4.78, 5) is 24.9. The molecule has 0 unspecified atom stereocenters. The molecule has 2 aromatic rings. The molecule has 2 aliphatic heterocycles. The van der Waals surface area contributed by atoms with Gasteiger partial charge in [-0.2, -0.15) is 0 Å². The molecule has 3 aliphatic rings. The van der Waals surface area contributed by atoms with Crippen molar-refractivity contribution in [2.45, 2.75) is 18.9 Å². The van der Waals surface area contributed by atoms with Gasteiger partial charge >= 0.3 is 0 Å². The predicted octanol–water partition coefficient (Wildman–Crippen LogP) is 2.97. The van der Waals surface area contributed by atoms with Gasteiger partial charge in [0.15, 0.2) is 23.0 Å². The number of nitrogens with one attached hydrogen (secondary N) is 2. The number of fused-ring (bicyclic) bond motifs is 2. The summed E-state index contributed by atoms with van der Waals surface area (Å²) in [6, 6.07) is 11.0. The smallest absolute Gasteiger partial charge is 0.244 e. The molecule has 2 aromatic carbocycles. The molecule has 1 atom stereocenters. The predicted molar refractivity (Wildman–Crippen MR) is 131 cm³/mol. The normalized spacial score (nSPS) is 17.3. The maximum Gasteiger partial charge on any atom is 0.244 e. The Morgan fingerprint density at radius 2 is 1.29 bits per heavy atom. The summed E-state index contributed by atoms with van der Waals surface area (Å²) in [6.45, 7) is 2.48. The molecule has 0 saturated heterocycles. The van der Waals surface area contributed by atoms with E-state index in [1.54, 1.807) is 12.2 Å². The molecule has 1 aliphatic carbocycles. The SMILES string of the molecule is O=C(/C=C\c1ccc2c(c1)OCCO2)NC[C@H](NC(=O)/C=C/c1ccc2c(c1)OCCO2)C1CC1. The topological polar surface area (TPSA) is 95.1 Å². The van der Waals surface area contributed by atoms with E-state index in [1.165, 1.54) is 12.2 Å². The summed E-state index contributed by atoms with van der Waals surface area (Å²) in [5.41, 5.74) is 1.70. The van der Waals surface area contributed by atoms with E-state index in [0.717, 1.165) is 24.0 Å². The summed E-state index contributed by atoms with van der Waals surface area (Å²) in [5, 5.41) is 5.92. The molecule has 0 spiro atoms. The number of carbonyl (C=O) groups excluding carboxylic acids is 2. The first kappa shape index (κ1) is 22.8. The van der Waals surface area contributed by atoms with Crippen LogP contribution in [0.15, 0.2) is 48.6 Å². The molecule has 2 heterocycles. The van der Waals surface area contributed by atoms with Crippen LogP contribution in [0, 0.1) is 5.92 Å². The van der Waals surface area contributed by atoms with E-state index in [2.05, 4.69) is 10.6 Å². The van der Waals surface area contributed by atoms with E-state index >= 15 is 0 Å². The zero-order valence-electron chi connectivity index (χ0n) is 19.3. The van der Waals surface area contributed by atoms with Gasteiger partial charge in [-0.25, -0.2) is 0 Å². The molecule has 8 heteroatoms. The first-order valence-electron chi connectivity index (χ1n) is 11.9. The largest absolute Gasteiger partial charge is 0.486 e. The summed E-state index contributed by atoms with van der Waals surface area (Å²) < 4.78 is 22.2. The van der Waals surface area contributed by atoms with Crippen LogP contribution in [0.4, 0.5) is 0 Å². The van der Waals surface area contributed by atoms with E-state index in [0.29, 0.717) is 61.9 Å². The Labute approximate surface area is 203 Å². The Kier molecular flexibility index (Phi) is 6.88. The van der Waals surface area contributed by atoms with Crippen molar-refractivity contribution in [2.24, 2.45) is 5.92 Å². The van der Waals surface area contributed by atoms with Gasteiger partial charge in [-0.15, -0.1) is 0 Å². The van der Waals surface area contributed by atoms with Crippen molar-refractivity contribution < 1.29 is 28.5 Å². The Morgan fingerprint density at radius 3 is 1.83 bits per heavy atom. The van der Waals surface area contributed by atoms with Crippen LogP contribution in [0.1, 0.15) is 24.0 Å². The van der Waals surface area contributed by atoms with Gasteiger partial charge in [0.05, 0.1) is 0 Å². The third kappa shape index (κ3) is 6.15. The zero-order valence-corrected chi connectivity index (χ0v) is 19.3. The van der Waals surface area contributed by atoms with Crippen molar-refractivity contribution in [1.29, 1.82) is 0 Å². The second-order valence-electron chi connectivity index (χ2n) is 8.67. The fourth-order valence-electron chi connectivity index (χ4n) is 4.01. The maximum atomic E-state index is 12.5. The molecule has 1 saturated carbocycles. The third-order valence-electron chi connectivity index (χ3n) is 6.00. The lowest BCUT2D eigenvalue weighted by molar-refractivity contribution is -0.119. The Hall–Kier alpha value is -3.94. The van der Waals surface area contributed by atoms with Crippen LogP contribution in [-0.2, 0) is 9.59 Å². The van der Waals surface area contributed by atoms with Crippen molar-refractivity contribution in [3.63, 3.8) is 0 Å². The van der Waals surface area contributed by atoms with Gasteiger partial charge in [-0.05, 0) is 66.3 Å². The standard InChI is InChI=1S/C27H28N2O6/c30-26(9-3-18-1-7-22-24(15-18)34-13-11-32-22)28-17-21(20-5-6-20)29-27(31)10-4-19-2-8-23-25(16-19)35-14-12-33-23/h1-4,7-10,15-16,20-21H,5-6,11-14,17H2,(H,28,30)(H,29,31)/b9-3-,10-4+/t21-/m0/s1. The first-order valence-corrected chi connectivity index (χ1v) is 11.9. The maximum absolute atomic E-state index is 12.5. The molecule has 35 heavy (non-hydrogen) atoms. The van der Waals surface area contributed by atoms with Crippen LogP contribution in [0.25, 0.3) is 12.2 Å². The number of hydrogen-bond donors (Lipinski definition) is 2. The minimum Gasteiger partial charge on any atom is -0.486 e. The van der Waals surface area contributed by atoms with Crippen LogP contribution in [-0.4, -0.2) is 50.8 Å². The lowest BCUT2D eigenvalue weighted by atomic mass is 10.1. The van der Waals surface area contributed by atoms with Crippen molar-refractivity contribution >= 4 is 24.0 Å². The summed E-state index contributed by atoms with van der Waals surface area (Å²) in [7, 11) is 0. The first-order chi connectivity index (χ1) is 17.1. The minimum absolute atomic E-state index is 0.112. The monoisotopic (exact) mass is 476 g/mol. The highest BCUT2D eigenvalue weighted by atomic mass is 16.6. The van der Waals surface area contributed by atoms with Crippen LogP contribution < -0.4 is 29.6 Å². The lowest BCUT2D eigenvalue weighted by Gasteiger charge is -2.18. The highest BCUT2D eigenvalue weighted by Gasteiger charge is 2.32. The highest BCUT2D eigenvalue weighted by molar-refractivity contribution is 5.93. The summed E-state index contributed by atoms with van der Waals surface area (Å²) in [5.74, 6) is 2.75. The average Bonchev–Trinajstić information content (AvgIpc) is 3.74. The minimum atomic E-state index is -0.216. The van der Waals surface area contributed by atoms with Crippen molar-refractivity contribution in [3.05, 3.63) is 59.7 Å². The number of ether oxygens (including phenoxy) is 4. The molecule has 0 aromatic heterocycles. The van der Waals surface area contributed by atoms with Crippen molar-refractivity contribution in [3.8, 4) is 23.0 Å². The molecule has 2 amide bonds. The summed E-state index contributed by atoms with van der Waals surface area (Å²) in [6.07, 6.45) is 8.55. The van der Waals surface area contributed by atoms with Gasteiger partial charge in [0.2, 0.25) is 11.8 Å². The van der Waals surface area contributed by atoms with E-state index in [-0.39, 0.29) is 17.9 Å². The van der Waals surface area contributed by atoms with Crippen LogP contribution in [0.5, 0.6) is 23.0 Å². The Bertz CT molecular complexity index is 1150. The molecule has 182 valence electrons. The Balaban J connectivity index is 1.12. The number of benzene rings is 2. The number of rotatable bonds is 8. The molecule has 2 N–H and O–H groups in total. The fraction of sp³-hybridized carbons (Fsp3) is 0.333. The van der Waals surface area contributed by atoms with Gasteiger partial charge in [0.25, 0.3) is 0 Å². The summed E-state index contributed by atoms with van der Waals surface area (Å²) >= 11 is 0. The van der Waals surface area contributed by atoms with Crippen LogP contribution >= 0.6 is 0 Å². The van der Waals surface area contributed by atoms with E-state index in [1.807, 2.05) is 36.4 Å².